The van der Waals surface area contributed by atoms with Gasteiger partial charge in [0.1, 0.15) is 0 Å². The number of hydrogen-bond acceptors (Lipinski definition) is 4. The summed E-state index contributed by atoms with van der Waals surface area (Å²) >= 11 is 0. The van der Waals surface area contributed by atoms with E-state index in [2.05, 4.69) is 5.32 Å². The molecule has 0 bridgehead atoms. The van der Waals surface area contributed by atoms with Crippen LogP contribution in [0, 0.1) is 19.3 Å². The predicted molar refractivity (Wildman–Crippen MR) is 101 cm³/mol. The summed E-state index contributed by atoms with van der Waals surface area (Å²) in [7, 11) is 1.65. The number of benzene rings is 1. The topological polar surface area (TPSA) is 84.7 Å². The largest absolute Gasteiger partial charge is 0.381 e. The first kappa shape index (κ1) is 21.4. The number of carbonyl (C=O) groups is 2. The van der Waals surface area contributed by atoms with E-state index in [-0.39, 0.29) is 37.3 Å². The summed E-state index contributed by atoms with van der Waals surface area (Å²) in [5.41, 5.74) is 8.18. The van der Waals surface area contributed by atoms with Gasteiger partial charge in [-0.25, -0.2) is 0 Å². The van der Waals surface area contributed by atoms with Crippen LogP contribution in [-0.2, 0) is 14.3 Å². The van der Waals surface area contributed by atoms with Crippen LogP contribution in [-0.4, -0.2) is 50.1 Å². The maximum absolute atomic E-state index is 12.8. The molecule has 1 aliphatic heterocycles. The minimum absolute atomic E-state index is 0. The number of anilines is 1. The van der Waals surface area contributed by atoms with E-state index in [9.17, 15) is 9.59 Å². The third-order valence-electron chi connectivity index (χ3n) is 4.90. The van der Waals surface area contributed by atoms with Crippen LogP contribution < -0.4 is 11.1 Å². The molecule has 0 atom stereocenters. The number of ether oxygens (including phenoxy) is 1. The van der Waals surface area contributed by atoms with Crippen molar-refractivity contribution >= 4 is 29.9 Å². The van der Waals surface area contributed by atoms with Gasteiger partial charge in [0.15, 0.2) is 0 Å². The Morgan fingerprint density at radius 2 is 1.92 bits per heavy atom. The highest BCUT2D eigenvalue weighted by atomic mass is 35.5. The van der Waals surface area contributed by atoms with Crippen LogP contribution in [0.4, 0.5) is 5.69 Å². The Morgan fingerprint density at radius 3 is 2.52 bits per heavy atom. The molecule has 2 rings (SSSR count). The SMILES string of the molecule is Cc1cccc(NC(=O)CN(C)C(=O)C2(CN)CCOCC2)c1C.Cl. The summed E-state index contributed by atoms with van der Waals surface area (Å²) in [5, 5.41) is 2.88. The highest BCUT2D eigenvalue weighted by Gasteiger charge is 2.40. The number of halogens is 1. The number of carbonyl (C=O) groups excluding carboxylic acids is 2. The molecule has 140 valence electrons. The van der Waals surface area contributed by atoms with Crippen LogP contribution in [0.15, 0.2) is 18.2 Å². The summed E-state index contributed by atoms with van der Waals surface area (Å²) in [6.07, 6.45) is 1.20. The lowest BCUT2D eigenvalue weighted by Crippen LogP contribution is -2.51. The first-order valence-electron chi connectivity index (χ1n) is 8.29. The maximum Gasteiger partial charge on any atom is 0.243 e. The smallest absolute Gasteiger partial charge is 0.243 e. The summed E-state index contributed by atoms with van der Waals surface area (Å²) < 4.78 is 5.34. The van der Waals surface area contributed by atoms with Gasteiger partial charge in [-0.2, -0.15) is 0 Å². The molecule has 6 nitrogen and oxygen atoms in total. The molecule has 0 radical (unpaired) electrons. The zero-order valence-electron chi connectivity index (χ0n) is 15.1. The van der Waals surface area contributed by atoms with Crippen molar-refractivity contribution in [3.05, 3.63) is 29.3 Å². The molecule has 1 aromatic rings. The molecule has 0 unspecified atom stereocenters. The first-order valence-corrected chi connectivity index (χ1v) is 8.29. The van der Waals surface area contributed by atoms with Gasteiger partial charge in [-0.3, -0.25) is 9.59 Å². The summed E-state index contributed by atoms with van der Waals surface area (Å²) in [5.74, 6) is -0.289. The van der Waals surface area contributed by atoms with Gasteiger partial charge in [0, 0.05) is 32.5 Å². The Balaban J connectivity index is 0.00000312. The lowest BCUT2D eigenvalue weighted by Gasteiger charge is -2.37. The van der Waals surface area contributed by atoms with Crippen molar-refractivity contribution in [2.24, 2.45) is 11.1 Å². The maximum atomic E-state index is 12.8. The average Bonchev–Trinajstić information content (AvgIpc) is 2.58. The standard InChI is InChI=1S/C18H27N3O3.ClH/c1-13-5-4-6-15(14(13)2)20-16(22)11-21(3)17(23)18(12-19)7-9-24-10-8-18;/h4-6H,7-12,19H2,1-3H3,(H,20,22);1H. The molecular formula is C18H28ClN3O3. The Bertz CT molecular complexity index is 616. The van der Waals surface area contributed by atoms with Crippen molar-refractivity contribution < 1.29 is 14.3 Å². The van der Waals surface area contributed by atoms with Crippen LogP contribution in [0.5, 0.6) is 0 Å². The van der Waals surface area contributed by atoms with Crippen molar-refractivity contribution in [2.75, 3.05) is 38.7 Å². The summed E-state index contributed by atoms with van der Waals surface area (Å²) in [6, 6.07) is 5.76. The van der Waals surface area contributed by atoms with Gasteiger partial charge in [-0.05, 0) is 43.9 Å². The lowest BCUT2D eigenvalue weighted by molar-refractivity contribution is -0.147. The van der Waals surface area contributed by atoms with E-state index >= 15 is 0 Å². The number of amides is 2. The minimum atomic E-state index is -0.605. The zero-order chi connectivity index (χ0) is 17.7. The average molecular weight is 370 g/mol. The number of rotatable bonds is 5. The minimum Gasteiger partial charge on any atom is -0.381 e. The first-order chi connectivity index (χ1) is 11.4. The van der Waals surface area contributed by atoms with E-state index in [1.165, 1.54) is 4.90 Å². The summed E-state index contributed by atoms with van der Waals surface area (Å²) in [6.45, 7) is 5.31. The molecule has 0 aliphatic carbocycles. The molecular weight excluding hydrogens is 342 g/mol. The van der Waals surface area contributed by atoms with Crippen LogP contribution in [0.3, 0.4) is 0 Å². The van der Waals surface area contributed by atoms with Crippen LogP contribution >= 0.6 is 12.4 Å². The van der Waals surface area contributed by atoms with Gasteiger partial charge in [-0.15, -0.1) is 12.4 Å². The molecule has 0 spiro atoms. The summed E-state index contributed by atoms with van der Waals surface area (Å²) in [4.78, 5) is 26.5. The molecule has 1 fully saturated rings. The van der Waals surface area contributed by atoms with Crippen molar-refractivity contribution in [3.8, 4) is 0 Å². The molecule has 1 heterocycles. The molecule has 7 heteroatoms. The van der Waals surface area contributed by atoms with E-state index in [0.717, 1.165) is 16.8 Å². The van der Waals surface area contributed by atoms with Crippen LogP contribution in [0.2, 0.25) is 0 Å². The van der Waals surface area contributed by atoms with E-state index in [0.29, 0.717) is 26.1 Å². The molecule has 25 heavy (non-hydrogen) atoms. The molecule has 0 aromatic heterocycles. The lowest BCUT2D eigenvalue weighted by atomic mass is 9.79. The second kappa shape index (κ2) is 9.17. The second-order valence-corrected chi connectivity index (χ2v) is 6.55. The normalized spacial score (nSPS) is 15.8. The number of nitrogens with two attached hydrogens (primary N) is 1. The quantitative estimate of drug-likeness (QED) is 0.829. The van der Waals surface area contributed by atoms with Gasteiger partial charge in [0.25, 0.3) is 0 Å². The third kappa shape index (κ3) is 4.93. The molecule has 2 amide bonds. The van der Waals surface area contributed by atoms with Crippen molar-refractivity contribution in [2.45, 2.75) is 26.7 Å². The second-order valence-electron chi connectivity index (χ2n) is 6.55. The van der Waals surface area contributed by atoms with Gasteiger partial charge in [-0.1, -0.05) is 12.1 Å². The van der Waals surface area contributed by atoms with Gasteiger partial charge in [0.2, 0.25) is 11.8 Å². The Kier molecular flexibility index (Phi) is 7.86. The predicted octanol–water partition coefficient (Wildman–Crippen LogP) is 1.88. The fraction of sp³-hybridized carbons (Fsp3) is 0.556. The third-order valence-corrected chi connectivity index (χ3v) is 4.90. The highest BCUT2D eigenvalue weighted by Crippen LogP contribution is 2.31. The monoisotopic (exact) mass is 369 g/mol. The molecule has 1 saturated heterocycles. The zero-order valence-corrected chi connectivity index (χ0v) is 15.9. The van der Waals surface area contributed by atoms with Crippen LogP contribution in [0.1, 0.15) is 24.0 Å². The number of aryl methyl sites for hydroxylation is 1. The van der Waals surface area contributed by atoms with Crippen molar-refractivity contribution in [1.82, 2.24) is 4.90 Å². The number of nitrogens with zero attached hydrogens (tertiary/aromatic N) is 1. The molecule has 3 N–H and O–H groups in total. The highest BCUT2D eigenvalue weighted by molar-refractivity contribution is 5.96. The number of hydrogen-bond donors (Lipinski definition) is 2. The van der Waals surface area contributed by atoms with E-state index in [1.807, 2.05) is 32.0 Å². The van der Waals surface area contributed by atoms with Crippen LogP contribution in [0.25, 0.3) is 0 Å². The fourth-order valence-electron chi connectivity index (χ4n) is 3.04. The molecule has 0 saturated carbocycles. The van der Waals surface area contributed by atoms with Gasteiger partial charge >= 0.3 is 0 Å². The van der Waals surface area contributed by atoms with Crippen molar-refractivity contribution in [1.29, 1.82) is 0 Å². The van der Waals surface area contributed by atoms with Gasteiger partial charge in [0.05, 0.1) is 12.0 Å². The fourth-order valence-corrected chi connectivity index (χ4v) is 3.04. The van der Waals surface area contributed by atoms with E-state index in [4.69, 9.17) is 10.5 Å². The molecule has 1 aliphatic rings. The molecule has 1 aromatic carbocycles. The number of nitrogens with one attached hydrogen (secondary N) is 1. The number of likely N-dealkylation sites (N-methyl/N-ethyl adjacent to an activating group) is 1. The Morgan fingerprint density at radius 1 is 1.28 bits per heavy atom. The Hall–Kier alpha value is -1.63. The van der Waals surface area contributed by atoms with E-state index in [1.54, 1.807) is 7.05 Å². The Labute approximate surface area is 155 Å². The van der Waals surface area contributed by atoms with Gasteiger partial charge < -0.3 is 20.7 Å². The van der Waals surface area contributed by atoms with E-state index < -0.39 is 5.41 Å². The van der Waals surface area contributed by atoms with Crippen molar-refractivity contribution in [3.63, 3.8) is 0 Å².